The Labute approximate surface area is 168 Å². The number of halogens is 2. The summed E-state index contributed by atoms with van der Waals surface area (Å²) in [6, 6.07) is 2.22. The van der Waals surface area contributed by atoms with Gasteiger partial charge in [-0.15, -0.1) is 11.3 Å². The number of thiazole rings is 1. The average molecular weight is 435 g/mol. The number of benzene rings is 1. The van der Waals surface area contributed by atoms with Crippen molar-refractivity contribution < 1.29 is 12.8 Å². The quantitative estimate of drug-likeness (QED) is 0.458. The Bertz CT molecular complexity index is 832. The number of unbranched alkanes of at least 4 members (excludes halogenated alkanes) is 2. The van der Waals surface area contributed by atoms with Gasteiger partial charge in [0.25, 0.3) is 10.0 Å². The first-order chi connectivity index (χ1) is 12.8. The zero-order valence-corrected chi connectivity index (χ0v) is 17.4. The van der Waals surface area contributed by atoms with Crippen molar-refractivity contribution in [3.8, 4) is 0 Å². The number of nitrogens with zero attached hydrogens (tertiary/aromatic N) is 1. The normalized spacial score (nSPS) is 12.7. The van der Waals surface area contributed by atoms with E-state index in [9.17, 15) is 12.8 Å². The highest BCUT2D eigenvalue weighted by molar-refractivity contribution is 7.93. The second-order valence-electron chi connectivity index (χ2n) is 6.32. The standard InChI is InChI=1S/C17H24ClFN4O2S2/c1-12(11-20)5-3-2-4-6-21-15-10-14(19)16(9-13(15)18)27(24,25)23-17-22-7-8-26-17/h7-10,12,21H,2-6,11,20H2,1H3,(H,22,23)/t12-/m1/s1. The van der Waals surface area contributed by atoms with Crippen molar-refractivity contribution in [2.45, 2.75) is 37.5 Å². The lowest BCUT2D eigenvalue weighted by Crippen LogP contribution is -2.15. The third kappa shape index (κ3) is 6.60. The van der Waals surface area contributed by atoms with Gasteiger partial charge in [-0.25, -0.2) is 17.8 Å². The summed E-state index contributed by atoms with van der Waals surface area (Å²) in [7, 11) is -4.10. The number of hydrogen-bond acceptors (Lipinski definition) is 6. The SMILES string of the molecule is C[C@@H](CN)CCCCCNc1cc(F)c(S(=O)(=O)Nc2nccs2)cc1Cl. The van der Waals surface area contributed by atoms with Crippen LogP contribution in [0.15, 0.2) is 28.6 Å². The van der Waals surface area contributed by atoms with Crippen LogP contribution in [0.25, 0.3) is 0 Å². The molecule has 10 heteroatoms. The minimum Gasteiger partial charge on any atom is -0.384 e. The van der Waals surface area contributed by atoms with Crippen LogP contribution in [0.4, 0.5) is 15.2 Å². The predicted molar refractivity (Wildman–Crippen MR) is 110 cm³/mol. The largest absolute Gasteiger partial charge is 0.384 e. The van der Waals surface area contributed by atoms with Crippen LogP contribution in [-0.2, 0) is 10.0 Å². The molecule has 150 valence electrons. The molecule has 1 heterocycles. The molecule has 0 aliphatic rings. The summed E-state index contributed by atoms with van der Waals surface area (Å²) >= 11 is 7.24. The van der Waals surface area contributed by atoms with E-state index in [0.29, 0.717) is 24.7 Å². The smallest absolute Gasteiger partial charge is 0.266 e. The maximum atomic E-state index is 14.4. The van der Waals surface area contributed by atoms with E-state index in [0.717, 1.165) is 49.2 Å². The zero-order valence-electron chi connectivity index (χ0n) is 15.0. The van der Waals surface area contributed by atoms with Crippen molar-refractivity contribution in [1.29, 1.82) is 0 Å². The van der Waals surface area contributed by atoms with Crippen LogP contribution in [0.5, 0.6) is 0 Å². The number of sulfonamides is 1. The monoisotopic (exact) mass is 434 g/mol. The van der Waals surface area contributed by atoms with Gasteiger partial charge in [0.1, 0.15) is 10.7 Å². The fraction of sp³-hybridized carbons (Fsp3) is 0.471. The maximum Gasteiger partial charge on any atom is 0.266 e. The van der Waals surface area contributed by atoms with Gasteiger partial charge in [-0.3, -0.25) is 4.72 Å². The van der Waals surface area contributed by atoms with Crippen LogP contribution < -0.4 is 15.8 Å². The molecule has 2 aromatic rings. The van der Waals surface area contributed by atoms with Crippen LogP contribution in [0, 0.1) is 11.7 Å². The van der Waals surface area contributed by atoms with E-state index in [-0.39, 0.29) is 10.2 Å². The number of hydrogen-bond donors (Lipinski definition) is 3. The van der Waals surface area contributed by atoms with E-state index in [1.54, 1.807) is 5.38 Å². The number of aromatic nitrogens is 1. The molecule has 0 aliphatic carbocycles. The van der Waals surface area contributed by atoms with Crippen molar-refractivity contribution in [2.24, 2.45) is 11.7 Å². The van der Waals surface area contributed by atoms with E-state index in [2.05, 4.69) is 21.9 Å². The van der Waals surface area contributed by atoms with Gasteiger partial charge in [0.2, 0.25) is 0 Å². The summed E-state index contributed by atoms with van der Waals surface area (Å²) in [5.74, 6) is -0.350. The van der Waals surface area contributed by atoms with Crippen LogP contribution in [0.1, 0.15) is 32.6 Å². The second kappa shape index (κ2) is 10.2. The summed E-state index contributed by atoms with van der Waals surface area (Å²) in [4.78, 5) is 3.32. The Morgan fingerprint density at radius 2 is 2.11 bits per heavy atom. The first-order valence-corrected chi connectivity index (χ1v) is 11.4. The van der Waals surface area contributed by atoms with Crippen LogP contribution in [-0.4, -0.2) is 26.5 Å². The Morgan fingerprint density at radius 1 is 1.33 bits per heavy atom. The lowest BCUT2D eigenvalue weighted by Gasteiger charge is -2.12. The Balaban J connectivity index is 1.94. The number of nitrogens with one attached hydrogen (secondary N) is 2. The van der Waals surface area contributed by atoms with E-state index in [4.69, 9.17) is 17.3 Å². The fourth-order valence-corrected chi connectivity index (χ4v) is 4.62. The van der Waals surface area contributed by atoms with Crippen molar-refractivity contribution >= 4 is 43.8 Å². The highest BCUT2D eigenvalue weighted by Gasteiger charge is 2.22. The van der Waals surface area contributed by atoms with Crippen molar-refractivity contribution in [3.05, 3.63) is 34.5 Å². The third-order valence-electron chi connectivity index (χ3n) is 4.06. The Kier molecular flexibility index (Phi) is 8.28. The van der Waals surface area contributed by atoms with E-state index >= 15 is 0 Å². The number of rotatable bonds is 11. The van der Waals surface area contributed by atoms with Crippen molar-refractivity contribution in [2.75, 3.05) is 23.1 Å². The Hall–Kier alpha value is -1.42. The Morgan fingerprint density at radius 3 is 2.78 bits per heavy atom. The van der Waals surface area contributed by atoms with Gasteiger partial charge in [0.15, 0.2) is 5.13 Å². The summed E-state index contributed by atoms with van der Waals surface area (Å²) in [5.41, 5.74) is 5.96. The molecule has 0 amide bonds. The molecule has 0 aliphatic heterocycles. The van der Waals surface area contributed by atoms with E-state index < -0.39 is 20.7 Å². The topological polar surface area (TPSA) is 97.1 Å². The molecule has 0 unspecified atom stereocenters. The van der Waals surface area contributed by atoms with Gasteiger partial charge in [-0.1, -0.05) is 31.4 Å². The predicted octanol–water partition coefficient (Wildman–Crippen LogP) is 4.30. The molecule has 4 N–H and O–H groups in total. The van der Waals surface area contributed by atoms with Crippen LogP contribution in [0.3, 0.4) is 0 Å². The number of anilines is 2. The van der Waals surface area contributed by atoms with E-state index in [1.165, 1.54) is 6.20 Å². The summed E-state index contributed by atoms with van der Waals surface area (Å²) in [5, 5.41) is 4.98. The van der Waals surface area contributed by atoms with Crippen LogP contribution >= 0.6 is 22.9 Å². The average Bonchev–Trinajstić information content (AvgIpc) is 3.12. The molecule has 1 atom stereocenters. The lowest BCUT2D eigenvalue weighted by atomic mass is 10.0. The van der Waals surface area contributed by atoms with Crippen LogP contribution in [0.2, 0.25) is 5.02 Å². The molecule has 0 radical (unpaired) electrons. The summed E-state index contributed by atoms with van der Waals surface area (Å²) < 4.78 is 41.2. The molecule has 2 rings (SSSR count). The van der Waals surface area contributed by atoms with Gasteiger partial charge in [-0.2, -0.15) is 0 Å². The molecule has 0 saturated carbocycles. The zero-order chi connectivity index (χ0) is 19.9. The number of nitrogens with two attached hydrogens (primary N) is 1. The minimum absolute atomic E-state index is 0.146. The summed E-state index contributed by atoms with van der Waals surface area (Å²) in [6.07, 6.45) is 5.56. The van der Waals surface area contributed by atoms with Gasteiger partial charge >= 0.3 is 0 Å². The molecular weight excluding hydrogens is 411 g/mol. The lowest BCUT2D eigenvalue weighted by molar-refractivity contribution is 0.502. The molecule has 0 saturated heterocycles. The van der Waals surface area contributed by atoms with Gasteiger partial charge in [0.05, 0.1) is 10.7 Å². The van der Waals surface area contributed by atoms with E-state index in [1.807, 2.05) is 0 Å². The molecule has 27 heavy (non-hydrogen) atoms. The van der Waals surface area contributed by atoms with Crippen molar-refractivity contribution in [1.82, 2.24) is 4.98 Å². The first kappa shape index (κ1) is 21.9. The molecule has 6 nitrogen and oxygen atoms in total. The molecule has 1 aromatic heterocycles. The second-order valence-corrected chi connectivity index (χ2v) is 9.27. The summed E-state index contributed by atoms with van der Waals surface area (Å²) in [6.45, 7) is 3.44. The van der Waals surface area contributed by atoms with Gasteiger partial charge in [-0.05, 0) is 37.4 Å². The highest BCUT2D eigenvalue weighted by Crippen LogP contribution is 2.29. The first-order valence-electron chi connectivity index (χ1n) is 8.68. The molecule has 1 aromatic carbocycles. The highest BCUT2D eigenvalue weighted by atomic mass is 35.5. The molecule has 0 bridgehead atoms. The molecular formula is C17H24ClFN4O2S2. The molecule has 0 spiro atoms. The third-order valence-corrected chi connectivity index (χ3v) is 6.54. The van der Waals surface area contributed by atoms with Gasteiger partial charge < -0.3 is 11.1 Å². The minimum atomic E-state index is -4.10. The van der Waals surface area contributed by atoms with Gasteiger partial charge in [0, 0.05) is 18.1 Å². The molecule has 0 fully saturated rings. The van der Waals surface area contributed by atoms with Crippen molar-refractivity contribution in [3.63, 3.8) is 0 Å². The fourth-order valence-electron chi connectivity index (χ4n) is 2.45. The maximum absolute atomic E-state index is 14.4.